The lowest BCUT2D eigenvalue weighted by Crippen LogP contribution is -2.20. The first kappa shape index (κ1) is 26.2. The maximum atomic E-state index is 12.6. The molecule has 2 aromatic rings. The van der Waals surface area contributed by atoms with Crippen LogP contribution in [-0.4, -0.2) is 62.4 Å². The van der Waals surface area contributed by atoms with Crippen molar-refractivity contribution in [3.8, 4) is 23.0 Å². The molecule has 0 saturated heterocycles. The van der Waals surface area contributed by atoms with Crippen molar-refractivity contribution >= 4 is 29.5 Å². The van der Waals surface area contributed by atoms with Gasteiger partial charge in [0.2, 0.25) is 18.3 Å². The van der Waals surface area contributed by atoms with E-state index in [1.165, 1.54) is 38.6 Å². The molecule has 0 radical (unpaired) electrons. The first-order valence-corrected chi connectivity index (χ1v) is 11.4. The number of hydrogen-bond donors (Lipinski definition) is 1. The Morgan fingerprint density at radius 3 is 2.66 bits per heavy atom. The zero-order valence-electron chi connectivity index (χ0n) is 20.7. The maximum Gasteiger partial charge on any atom is 0.356 e. The molecule has 0 aliphatic carbocycles. The number of fused-ring (bicyclic) bond motifs is 1. The Balaban J connectivity index is 1.64. The number of benzene rings is 2. The van der Waals surface area contributed by atoms with E-state index in [0.717, 1.165) is 6.07 Å². The lowest BCUT2D eigenvalue weighted by Gasteiger charge is -2.19. The minimum absolute atomic E-state index is 0.0507. The molecule has 2 aliphatic heterocycles. The number of hydrogen-bond acceptors (Lipinski definition) is 12. The monoisotopic (exact) mass is 528 g/mol. The van der Waals surface area contributed by atoms with Crippen molar-refractivity contribution in [1.29, 1.82) is 0 Å². The van der Waals surface area contributed by atoms with Crippen LogP contribution in [0.4, 0.5) is 5.69 Å². The van der Waals surface area contributed by atoms with Gasteiger partial charge in [-0.05, 0) is 13.0 Å². The van der Waals surface area contributed by atoms with Gasteiger partial charge in [0, 0.05) is 41.7 Å². The smallest absolute Gasteiger partial charge is 0.356 e. The molecule has 2 heterocycles. The van der Waals surface area contributed by atoms with Crippen molar-refractivity contribution in [3.63, 3.8) is 0 Å². The molecule has 0 fully saturated rings. The van der Waals surface area contributed by atoms with Gasteiger partial charge in [0.1, 0.15) is 6.10 Å². The number of non-ortho nitro benzene ring substituents is 1. The third-order valence-electron chi connectivity index (χ3n) is 5.63. The Morgan fingerprint density at radius 2 is 1.97 bits per heavy atom. The number of carbonyl (C=O) groups excluding carboxylic acids is 2. The second-order valence-electron chi connectivity index (χ2n) is 7.92. The van der Waals surface area contributed by atoms with E-state index in [1.54, 1.807) is 6.92 Å². The molecule has 0 bridgehead atoms. The second kappa shape index (κ2) is 11.5. The highest BCUT2D eigenvalue weighted by molar-refractivity contribution is 6.36. The molecule has 1 N–H and O–H groups in total. The van der Waals surface area contributed by atoms with Crippen molar-refractivity contribution in [2.45, 2.75) is 25.9 Å². The highest BCUT2D eigenvalue weighted by Gasteiger charge is 2.34. The van der Waals surface area contributed by atoms with Crippen molar-refractivity contribution < 1.29 is 43.0 Å². The third-order valence-corrected chi connectivity index (χ3v) is 5.63. The maximum absolute atomic E-state index is 12.6. The lowest BCUT2D eigenvalue weighted by molar-refractivity contribution is -0.384. The molecule has 200 valence electrons. The summed E-state index contributed by atoms with van der Waals surface area (Å²) in [6.45, 7) is 1.83. The highest BCUT2D eigenvalue weighted by Crippen LogP contribution is 2.52. The van der Waals surface area contributed by atoms with Gasteiger partial charge in [-0.25, -0.2) is 10.2 Å². The number of esters is 1. The van der Waals surface area contributed by atoms with E-state index < -0.39 is 22.9 Å². The summed E-state index contributed by atoms with van der Waals surface area (Å²) < 4.78 is 27.4. The molecule has 0 aromatic heterocycles. The highest BCUT2D eigenvalue weighted by atomic mass is 16.7. The fourth-order valence-corrected chi connectivity index (χ4v) is 3.97. The van der Waals surface area contributed by atoms with Gasteiger partial charge in [-0.1, -0.05) is 11.2 Å². The van der Waals surface area contributed by atoms with E-state index in [0.29, 0.717) is 22.6 Å². The molecule has 2 aliphatic rings. The fraction of sp³-hybridized carbons (Fsp3) is 0.333. The van der Waals surface area contributed by atoms with E-state index in [4.69, 9.17) is 28.5 Å². The number of carbonyl (C=O) groups is 2. The fourth-order valence-electron chi connectivity index (χ4n) is 3.97. The second-order valence-corrected chi connectivity index (χ2v) is 7.92. The Hall–Kier alpha value is -4.88. The first-order chi connectivity index (χ1) is 18.4. The van der Waals surface area contributed by atoms with Gasteiger partial charge in [0.15, 0.2) is 17.2 Å². The molecule has 0 spiro atoms. The summed E-state index contributed by atoms with van der Waals surface area (Å²) in [7, 11) is 2.88. The normalized spacial score (nSPS) is 15.6. The van der Waals surface area contributed by atoms with Gasteiger partial charge in [-0.15, -0.1) is 0 Å². The Morgan fingerprint density at radius 1 is 1.24 bits per heavy atom. The minimum Gasteiger partial charge on any atom is -0.492 e. The average molecular weight is 528 g/mol. The van der Waals surface area contributed by atoms with Crippen molar-refractivity contribution in [2.75, 3.05) is 27.6 Å². The first-order valence-electron chi connectivity index (χ1n) is 11.4. The van der Waals surface area contributed by atoms with Crippen molar-refractivity contribution in [2.24, 2.45) is 10.3 Å². The van der Waals surface area contributed by atoms with Crippen LogP contribution >= 0.6 is 0 Å². The van der Waals surface area contributed by atoms with Crippen LogP contribution in [0.25, 0.3) is 0 Å². The van der Waals surface area contributed by atoms with Crippen LogP contribution in [-0.2, 0) is 20.8 Å². The van der Waals surface area contributed by atoms with Gasteiger partial charge in [-0.3, -0.25) is 14.9 Å². The molecule has 4 rings (SSSR count). The van der Waals surface area contributed by atoms with E-state index in [2.05, 4.69) is 15.7 Å². The van der Waals surface area contributed by atoms with Gasteiger partial charge in [0.25, 0.3) is 11.6 Å². The summed E-state index contributed by atoms with van der Waals surface area (Å²) in [6, 6.07) is 5.23. The largest absolute Gasteiger partial charge is 0.492 e. The Labute approximate surface area is 216 Å². The predicted octanol–water partition coefficient (Wildman–Crippen LogP) is 2.36. The van der Waals surface area contributed by atoms with Gasteiger partial charge >= 0.3 is 5.97 Å². The number of hydrazone groups is 1. The summed E-state index contributed by atoms with van der Waals surface area (Å²) in [5.41, 5.74) is 3.25. The number of nitro benzene ring substituents is 1. The molecule has 1 atom stereocenters. The van der Waals surface area contributed by atoms with Crippen molar-refractivity contribution in [3.05, 3.63) is 51.1 Å². The number of nitro groups is 1. The molecule has 14 nitrogen and oxygen atoms in total. The molecule has 0 saturated carbocycles. The molecule has 2 aromatic carbocycles. The van der Waals surface area contributed by atoms with Crippen LogP contribution in [0, 0.1) is 10.1 Å². The van der Waals surface area contributed by atoms with Crippen LogP contribution in [0.2, 0.25) is 0 Å². The molecule has 38 heavy (non-hydrogen) atoms. The SMILES string of the molecule is CCOC(=O)C1=NOC(Cc2c(/C=N\NC(=O)c3cccc([N+](=O)[O-])c3)c(OC)c3c(c2OC)OCO3)C1. The summed E-state index contributed by atoms with van der Waals surface area (Å²) in [4.78, 5) is 40.5. The molecular formula is C24H24N4O10. The topological polar surface area (TPSA) is 169 Å². The summed E-state index contributed by atoms with van der Waals surface area (Å²) in [6.07, 6.45) is 1.18. The van der Waals surface area contributed by atoms with Crippen LogP contribution < -0.4 is 24.4 Å². The number of rotatable bonds is 10. The standard InChI is InChI=1S/C24H24N4O10/c1-4-35-24(30)18-10-15(38-27-18)9-16-17(20(34-3)22-21(19(16)33-2)36-12-37-22)11-25-26-23(29)13-6-5-7-14(8-13)28(31)32/h5-8,11,15H,4,9-10,12H2,1-3H3,(H,26,29)/b25-11-. The molecule has 1 unspecified atom stereocenters. The van der Waals surface area contributed by atoms with Gasteiger partial charge in [-0.2, -0.15) is 5.10 Å². The summed E-state index contributed by atoms with van der Waals surface area (Å²) >= 11 is 0. The van der Waals surface area contributed by atoms with E-state index in [-0.39, 0.29) is 54.7 Å². The minimum atomic E-state index is -0.662. The van der Waals surface area contributed by atoms with E-state index in [1.807, 2.05) is 0 Å². The van der Waals surface area contributed by atoms with Crippen molar-refractivity contribution in [1.82, 2.24) is 5.43 Å². The number of amides is 1. The van der Waals surface area contributed by atoms with Crippen LogP contribution in [0.15, 0.2) is 34.5 Å². The van der Waals surface area contributed by atoms with Gasteiger partial charge in [0.05, 0.1) is 32.0 Å². The number of nitrogens with zero attached hydrogens (tertiary/aromatic N) is 3. The predicted molar refractivity (Wildman–Crippen MR) is 131 cm³/mol. The zero-order valence-corrected chi connectivity index (χ0v) is 20.7. The Bertz CT molecular complexity index is 1320. The lowest BCUT2D eigenvalue weighted by atomic mass is 9.96. The summed E-state index contributed by atoms with van der Waals surface area (Å²) in [5.74, 6) is -0.0122. The average Bonchev–Trinajstić information content (AvgIpc) is 3.59. The number of nitrogens with one attached hydrogen (secondary N) is 1. The van der Waals surface area contributed by atoms with E-state index >= 15 is 0 Å². The molecular weight excluding hydrogens is 504 g/mol. The molecule has 1 amide bonds. The number of ether oxygens (including phenoxy) is 5. The zero-order chi connectivity index (χ0) is 27.2. The summed E-state index contributed by atoms with van der Waals surface area (Å²) in [5, 5.41) is 18.9. The number of methoxy groups -OCH3 is 2. The quantitative estimate of drug-likeness (QED) is 0.209. The number of oxime groups is 1. The van der Waals surface area contributed by atoms with Gasteiger partial charge < -0.3 is 28.5 Å². The van der Waals surface area contributed by atoms with Crippen LogP contribution in [0.1, 0.15) is 34.8 Å². The van der Waals surface area contributed by atoms with E-state index in [9.17, 15) is 19.7 Å². The van der Waals surface area contributed by atoms with Crippen LogP contribution in [0.5, 0.6) is 23.0 Å². The molecule has 14 heteroatoms. The van der Waals surface area contributed by atoms with Crippen LogP contribution in [0.3, 0.4) is 0 Å². The Kier molecular flexibility index (Phi) is 7.89. The third kappa shape index (κ3) is 5.28.